The molecule has 0 unspecified atom stereocenters. The van der Waals surface area contributed by atoms with Gasteiger partial charge in [-0.15, -0.1) is 0 Å². The van der Waals surface area contributed by atoms with Crippen molar-refractivity contribution in [3.63, 3.8) is 0 Å². The van der Waals surface area contributed by atoms with Crippen molar-refractivity contribution in [1.29, 1.82) is 0 Å². The van der Waals surface area contributed by atoms with Crippen LogP contribution in [0.15, 0.2) is 12.2 Å². The van der Waals surface area contributed by atoms with E-state index < -0.39 is 7.38 Å². The highest BCUT2D eigenvalue weighted by molar-refractivity contribution is 7.19. The lowest BCUT2D eigenvalue weighted by molar-refractivity contribution is 0.151. The van der Waals surface area contributed by atoms with Crippen LogP contribution in [0.5, 0.6) is 0 Å². The molecule has 0 aromatic carbocycles. The largest absolute Gasteiger partial charge is 0.377 e. The molecule has 0 amide bonds. The fraction of sp³-hybridized carbons (Fsp3) is 0.875. The quantitative estimate of drug-likeness (QED) is 0.172. The van der Waals surface area contributed by atoms with Gasteiger partial charge in [0, 0.05) is 6.61 Å². The van der Waals surface area contributed by atoms with Crippen LogP contribution < -0.4 is 0 Å². The Morgan fingerprint density at radius 3 is 1.89 bits per heavy atom. The van der Waals surface area contributed by atoms with Crippen LogP contribution in [0.4, 0.5) is 0 Å². The molecular weight excluding hydrogens is 272 g/mol. The molecule has 0 aliphatic rings. The standard InChI is InChI=1S/C16H33ClOSi/c1-16(2)15-18-13-11-9-7-5-6-8-10-12-14-19(3,4)17/h1,5-15H2,2-4H3. The Morgan fingerprint density at radius 2 is 1.42 bits per heavy atom. The Labute approximate surface area is 126 Å². The molecule has 0 aliphatic carbocycles. The molecular formula is C16H33ClOSi. The van der Waals surface area contributed by atoms with Gasteiger partial charge >= 0.3 is 0 Å². The summed E-state index contributed by atoms with van der Waals surface area (Å²) in [6.45, 7) is 11.9. The Hall–Kier alpha value is 0.207. The van der Waals surface area contributed by atoms with Gasteiger partial charge in [0.2, 0.25) is 0 Å². The summed E-state index contributed by atoms with van der Waals surface area (Å²) in [5, 5.41) is 0. The van der Waals surface area contributed by atoms with Crippen LogP contribution in [0.3, 0.4) is 0 Å². The van der Waals surface area contributed by atoms with E-state index in [-0.39, 0.29) is 0 Å². The van der Waals surface area contributed by atoms with Crippen molar-refractivity contribution >= 4 is 18.5 Å². The SMILES string of the molecule is C=C(C)COCCCCCCCCCC[Si](C)(C)Cl. The Kier molecular flexibility index (Phi) is 12.1. The van der Waals surface area contributed by atoms with Crippen LogP contribution in [0.25, 0.3) is 0 Å². The van der Waals surface area contributed by atoms with Crippen LogP contribution >= 0.6 is 11.1 Å². The Balaban J connectivity index is 3.05. The maximum atomic E-state index is 6.30. The maximum absolute atomic E-state index is 6.30. The van der Waals surface area contributed by atoms with Crippen molar-refractivity contribution in [3.05, 3.63) is 12.2 Å². The Bertz CT molecular complexity index is 223. The van der Waals surface area contributed by atoms with Crippen LogP contribution in [0.2, 0.25) is 19.1 Å². The number of ether oxygens (including phenoxy) is 1. The van der Waals surface area contributed by atoms with Gasteiger partial charge in [-0.3, -0.25) is 0 Å². The normalized spacial score (nSPS) is 11.8. The lowest BCUT2D eigenvalue weighted by Crippen LogP contribution is -2.14. The van der Waals surface area contributed by atoms with Crippen LogP contribution in [-0.2, 0) is 4.74 Å². The van der Waals surface area contributed by atoms with E-state index >= 15 is 0 Å². The molecule has 0 radical (unpaired) electrons. The molecule has 0 bridgehead atoms. The first-order chi connectivity index (χ1) is 8.92. The van der Waals surface area contributed by atoms with E-state index in [1.807, 2.05) is 6.92 Å². The summed E-state index contributed by atoms with van der Waals surface area (Å²) in [6.07, 6.45) is 10.7. The summed E-state index contributed by atoms with van der Waals surface area (Å²) in [6, 6.07) is 1.27. The zero-order valence-corrected chi connectivity index (χ0v) is 15.0. The second kappa shape index (κ2) is 12.0. The number of hydrogen-bond donors (Lipinski definition) is 0. The van der Waals surface area contributed by atoms with Crippen molar-refractivity contribution in [2.45, 2.75) is 77.4 Å². The molecule has 0 spiro atoms. The van der Waals surface area contributed by atoms with Crippen molar-refractivity contribution in [3.8, 4) is 0 Å². The first kappa shape index (κ1) is 19.2. The van der Waals surface area contributed by atoms with Gasteiger partial charge < -0.3 is 4.74 Å². The molecule has 0 fully saturated rings. The van der Waals surface area contributed by atoms with Gasteiger partial charge in [-0.25, -0.2) is 0 Å². The molecule has 3 heteroatoms. The predicted octanol–water partition coefficient (Wildman–Crippen LogP) is 6.14. The predicted molar refractivity (Wildman–Crippen MR) is 90.7 cm³/mol. The smallest absolute Gasteiger partial charge is 0.150 e. The molecule has 1 nitrogen and oxygen atoms in total. The molecule has 0 aromatic rings. The molecule has 0 rings (SSSR count). The molecule has 0 N–H and O–H groups in total. The van der Waals surface area contributed by atoms with Gasteiger partial charge in [-0.1, -0.05) is 70.2 Å². The van der Waals surface area contributed by atoms with E-state index in [1.54, 1.807) is 0 Å². The summed E-state index contributed by atoms with van der Waals surface area (Å²) < 4.78 is 5.48. The first-order valence-corrected chi connectivity index (χ1v) is 12.0. The Morgan fingerprint density at radius 1 is 0.947 bits per heavy atom. The zero-order valence-electron chi connectivity index (χ0n) is 13.3. The lowest BCUT2D eigenvalue weighted by atomic mass is 10.1. The summed E-state index contributed by atoms with van der Waals surface area (Å²) >= 11 is 6.30. The third-order valence-electron chi connectivity index (χ3n) is 3.16. The highest BCUT2D eigenvalue weighted by Crippen LogP contribution is 2.19. The second-order valence-electron chi connectivity index (χ2n) is 6.31. The monoisotopic (exact) mass is 304 g/mol. The lowest BCUT2D eigenvalue weighted by Gasteiger charge is -2.11. The number of unbranched alkanes of at least 4 members (excludes halogenated alkanes) is 7. The first-order valence-electron chi connectivity index (χ1n) is 7.83. The van der Waals surface area contributed by atoms with Crippen molar-refractivity contribution in [1.82, 2.24) is 0 Å². The van der Waals surface area contributed by atoms with Crippen molar-refractivity contribution in [2.75, 3.05) is 13.2 Å². The van der Waals surface area contributed by atoms with Crippen LogP contribution in [0, 0.1) is 0 Å². The minimum Gasteiger partial charge on any atom is -0.377 e. The van der Waals surface area contributed by atoms with Gasteiger partial charge in [-0.05, 0) is 19.4 Å². The number of halogens is 1. The van der Waals surface area contributed by atoms with Gasteiger partial charge in [0.05, 0.1) is 6.61 Å². The van der Waals surface area contributed by atoms with E-state index in [0.717, 1.165) is 18.8 Å². The minimum absolute atomic E-state index is 0.722. The average Bonchev–Trinajstić information content (AvgIpc) is 2.28. The van der Waals surface area contributed by atoms with Crippen molar-refractivity contribution < 1.29 is 4.74 Å². The van der Waals surface area contributed by atoms with Crippen LogP contribution in [-0.4, -0.2) is 20.6 Å². The highest BCUT2D eigenvalue weighted by atomic mass is 35.6. The summed E-state index contributed by atoms with van der Waals surface area (Å²) in [7, 11) is -1.31. The average molecular weight is 305 g/mol. The van der Waals surface area contributed by atoms with Crippen molar-refractivity contribution in [2.24, 2.45) is 0 Å². The third kappa shape index (κ3) is 18.2. The third-order valence-corrected chi connectivity index (χ3v) is 5.27. The summed E-state index contributed by atoms with van der Waals surface area (Å²) in [5.41, 5.74) is 1.11. The molecule has 0 atom stereocenters. The van der Waals surface area contributed by atoms with E-state index in [0.29, 0.717) is 0 Å². The fourth-order valence-corrected chi connectivity index (χ4v) is 3.55. The maximum Gasteiger partial charge on any atom is 0.150 e. The van der Waals surface area contributed by atoms with E-state index in [9.17, 15) is 0 Å². The van der Waals surface area contributed by atoms with Crippen LogP contribution in [0.1, 0.15) is 58.3 Å². The molecule has 19 heavy (non-hydrogen) atoms. The van der Waals surface area contributed by atoms with Gasteiger partial charge in [0.25, 0.3) is 0 Å². The molecule has 0 aliphatic heterocycles. The van der Waals surface area contributed by atoms with Gasteiger partial charge in [0.15, 0.2) is 0 Å². The summed E-state index contributed by atoms with van der Waals surface area (Å²) in [4.78, 5) is 0. The number of rotatable bonds is 13. The fourth-order valence-electron chi connectivity index (χ4n) is 2.06. The summed E-state index contributed by atoms with van der Waals surface area (Å²) in [5.74, 6) is 0. The highest BCUT2D eigenvalue weighted by Gasteiger charge is 2.15. The number of hydrogen-bond acceptors (Lipinski definition) is 1. The topological polar surface area (TPSA) is 9.23 Å². The molecule has 0 saturated heterocycles. The zero-order chi connectivity index (χ0) is 14.6. The molecule has 0 heterocycles. The molecule has 0 aromatic heterocycles. The minimum atomic E-state index is -1.31. The van der Waals surface area contributed by atoms with E-state index in [2.05, 4.69) is 19.7 Å². The van der Waals surface area contributed by atoms with Gasteiger partial charge in [0.1, 0.15) is 7.38 Å². The molecule has 0 saturated carbocycles. The van der Waals surface area contributed by atoms with E-state index in [1.165, 1.54) is 57.4 Å². The van der Waals surface area contributed by atoms with E-state index in [4.69, 9.17) is 15.8 Å². The molecule has 114 valence electrons. The van der Waals surface area contributed by atoms with Gasteiger partial charge in [-0.2, -0.15) is 11.1 Å². The second-order valence-corrected chi connectivity index (χ2v) is 13.3.